The molecule has 1 saturated carbocycles. The van der Waals surface area contributed by atoms with Crippen molar-refractivity contribution < 1.29 is 9.84 Å². The summed E-state index contributed by atoms with van der Waals surface area (Å²) in [4.78, 5) is 2.37. The van der Waals surface area contributed by atoms with Gasteiger partial charge in [-0.15, -0.1) is 0 Å². The van der Waals surface area contributed by atoms with E-state index >= 15 is 0 Å². The quantitative estimate of drug-likeness (QED) is 0.752. The van der Waals surface area contributed by atoms with Crippen molar-refractivity contribution in [1.82, 2.24) is 4.90 Å². The summed E-state index contributed by atoms with van der Waals surface area (Å²) in [6.07, 6.45) is 3.21. The minimum absolute atomic E-state index is 0.0730. The summed E-state index contributed by atoms with van der Waals surface area (Å²) in [5.41, 5.74) is 0. The number of aliphatic hydroxyl groups is 1. The Morgan fingerprint density at radius 3 is 3.00 bits per heavy atom. The van der Waals surface area contributed by atoms with E-state index in [0.717, 1.165) is 25.8 Å². The smallest absolute Gasteiger partial charge is 0.0933 e. The highest BCUT2D eigenvalue weighted by Crippen LogP contribution is 2.32. The lowest BCUT2D eigenvalue weighted by molar-refractivity contribution is -0.0931. The summed E-state index contributed by atoms with van der Waals surface area (Å²) in [5.74, 6) is 0.167. The molecule has 16 heavy (non-hydrogen) atoms. The van der Waals surface area contributed by atoms with Gasteiger partial charge in [-0.3, -0.25) is 4.90 Å². The molecule has 0 aromatic rings. The second-order valence-corrected chi connectivity index (χ2v) is 4.92. The molecule has 1 aliphatic heterocycles. The fourth-order valence-electron chi connectivity index (χ4n) is 2.90. The second kappa shape index (κ2) is 5.13. The molecule has 0 radical (unpaired) electrons. The van der Waals surface area contributed by atoms with Gasteiger partial charge >= 0.3 is 0 Å². The average Bonchev–Trinajstić information content (AvgIpc) is 2.77. The molecule has 1 aliphatic carbocycles. The summed E-state index contributed by atoms with van der Waals surface area (Å²) >= 11 is 0. The van der Waals surface area contributed by atoms with Gasteiger partial charge in [0.25, 0.3) is 0 Å². The summed E-state index contributed by atoms with van der Waals surface area (Å²) < 4.78 is 5.52. The number of hydrogen-bond donors (Lipinski definition) is 1. The van der Waals surface area contributed by atoms with E-state index < -0.39 is 0 Å². The van der Waals surface area contributed by atoms with Crippen molar-refractivity contribution in [3.05, 3.63) is 0 Å². The van der Waals surface area contributed by atoms with Gasteiger partial charge in [0.1, 0.15) is 0 Å². The Hall–Kier alpha value is -0.630. The van der Waals surface area contributed by atoms with Gasteiger partial charge in [0.05, 0.1) is 31.3 Å². The molecule has 0 amide bonds. The molecular weight excluding hydrogens is 204 g/mol. The molecule has 0 bridgehead atoms. The Morgan fingerprint density at radius 2 is 2.31 bits per heavy atom. The fourth-order valence-corrected chi connectivity index (χ4v) is 2.90. The lowest BCUT2D eigenvalue weighted by Gasteiger charge is -2.42. The Kier molecular flexibility index (Phi) is 3.80. The Labute approximate surface area is 96.8 Å². The van der Waals surface area contributed by atoms with E-state index in [2.05, 4.69) is 17.9 Å². The first-order valence-corrected chi connectivity index (χ1v) is 6.14. The van der Waals surface area contributed by atoms with Gasteiger partial charge in [-0.05, 0) is 19.8 Å². The van der Waals surface area contributed by atoms with Crippen LogP contribution in [0.15, 0.2) is 0 Å². The highest BCUT2D eigenvalue weighted by atomic mass is 16.5. The zero-order valence-corrected chi connectivity index (χ0v) is 9.80. The van der Waals surface area contributed by atoms with Crippen LogP contribution in [0.25, 0.3) is 0 Å². The summed E-state index contributed by atoms with van der Waals surface area (Å²) in [6.45, 7) is 3.65. The molecule has 4 nitrogen and oxygen atoms in total. The van der Waals surface area contributed by atoms with E-state index in [1.165, 1.54) is 0 Å². The maximum Gasteiger partial charge on any atom is 0.0933 e. The highest BCUT2D eigenvalue weighted by molar-refractivity contribution is 4.99. The first-order valence-electron chi connectivity index (χ1n) is 6.14. The van der Waals surface area contributed by atoms with E-state index in [1.54, 1.807) is 0 Å². The van der Waals surface area contributed by atoms with Crippen LogP contribution in [-0.4, -0.2) is 48.0 Å². The van der Waals surface area contributed by atoms with E-state index in [0.29, 0.717) is 18.7 Å². The molecule has 1 N–H and O–H groups in total. The molecule has 0 aromatic carbocycles. The molecule has 4 heteroatoms. The van der Waals surface area contributed by atoms with E-state index in [1.807, 2.05) is 0 Å². The van der Waals surface area contributed by atoms with Crippen LogP contribution in [0.5, 0.6) is 0 Å². The lowest BCUT2D eigenvalue weighted by Crippen LogP contribution is -2.54. The first kappa shape index (κ1) is 11.8. The first-order chi connectivity index (χ1) is 7.76. The number of nitriles is 1. The van der Waals surface area contributed by atoms with Crippen LogP contribution < -0.4 is 0 Å². The lowest BCUT2D eigenvalue weighted by atomic mass is 10.0. The van der Waals surface area contributed by atoms with Crippen LogP contribution in [0.3, 0.4) is 0 Å². The Balaban J connectivity index is 2.03. The van der Waals surface area contributed by atoms with E-state index in [4.69, 9.17) is 15.1 Å². The van der Waals surface area contributed by atoms with E-state index in [9.17, 15) is 0 Å². The standard InChI is InChI=1S/C12H20N2O2/c1-9-8-16-11(7-15)6-14(9)12-4-2-3-10(12)5-13/h9-12,15H,2-4,6-8H2,1H3. The van der Waals surface area contributed by atoms with Crippen molar-refractivity contribution in [3.63, 3.8) is 0 Å². The van der Waals surface area contributed by atoms with Crippen LogP contribution in [-0.2, 0) is 4.74 Å². The monoisotopic (exact) mass is 224 g/mol. The molecule has 0 spiro atoms. The normalized spacial score (nSPS) is 40.8. The van der Waals surface area contributed by atoms with E-state index in [-0.39, 0.29) is 18.6 Å². The third-order valence-corrected chi connectivity index (χ3v) is 3.83. The summed E-state index contributed by atoms with van der Waals surface area (Å²) in [5, 5.41) is 18.3. The van der Waals surface area contributed by atoms with Crippen molar-refractivity contribution in [2.75, 3.05) is 19.8 Å². The molecule has 1 saturated heterocycles. The predicted octanol–water partition coefficient (Wildman–Crippen LogP) is 0.760. The number of aliphatic hydroxyl groups excluding tert-OH is 1. The maximum atomic E-state index is 9.14. The van der Waals surface area contributed by atoms with Crippen LogP contribution in [0.4, 0.5) is 0 Å². The molecule has 4 atom stereocenters. The van der Waals surface area contributed by atoms with Gasteiger partial charge in [-0.2, -0.15) is 5.26 Å². The Bertz CT molecular complexity index is 277. The van der Waals surface area contributed by atoms with Gasteiger partial charge in [-0.25, -0.2) is 0 Å². The van der Waals surface area contributed by atoms with Crippen molar-refractivity contribution in [1.29, 1.82) is 5.26 Å². The average molecular weight is 224 g/mol. The molecular formula is C12H20N2O2. The zero-order valence-electron chi connectivity index (χ0n) is 9.80. The van der Waals surface area contributed by atoms with Gasteiger partial charge < -0.3 is 9.84 Å². The molecule has 2 rings (SSSR count). The molecule has 2 aliphatic rings. The molecule has 4 unspecified atom stereocenters. The topological polar surface area (TPSA) is 56.5 Å². The number of rotatable bonds is 2. The minimum atomic E-state index is -0.0730. The minimum Gasteiger partial charge on any atom is -0.394 e. The van der Waals surface area contributed by atoms with Gasteiger partial charge in [0.2, 0.25) is 0 Å². The third kappa shape index (κ3) is 2.22. The maximum absolute atomic E-state index is 9.14. The van der Waals surface area contributed by atoms with Crippen LogP contribution in [0.2, 0.25) is 0 Å². The third-order valence-electron chi connectivity index (χ3n) is 3.83. The number of hydrogen-bond acceptors (Lipinski definition) is 4. The summed E-state index contributed by atoms with van der Waals surface area (Å²) in [6, 6.07) is 3.16. The Morgan fingerprint density at radius 1 is 1.50 bits per heavy atom. The zero-order chi connectivity index (χ0) is 11.5. The van der Waals surface area contributed by atoms with Gasteiger partial charge in [-0.1, -0.05) is 6.42 Å². The molecule has 0 aromatic heterocycles. The number of ether oxygens (including phenoxy) is 1. The van der Waals surface area contributed by atoms with Crippen LogP contribution in [0, 0.1) is 17.2 Å². The number of morpholine rings is 1. The predicted molar refractivity (Wildman–Crippen MR) is 59.7 cm³/mol. The molecule has 2 fully saturated rings. The van der Waals surface area contributed by atoms with Crippen molar-refractivity contribution in [3.8, 4) is 6.07 Å². The second-order valence-electron chi connectivity index (χ2n) is 4.92. The van der Waals surface area contributed by atoms with Crippen molar-refractivity contribution in [2.45, 2.75) is 44.4 Å². The van der Waals surface area contributed by atoms with Crippen LogP contribution in [0.1, 0.15) is 26.2 Å². The largest absolute Gasteiger partial charge is 0.394 e. The van der Waals surface area contributed by atoms with Gasteiger partial charge in [0, 0.05) is 18.6 Å². The fraction of sp³-hybridized carbons (Fsp3) is 0.917. The van der Waals surface area contributed by atoms with Crippen LogP contribution >= 0.6 is 0 Å². The van der Waals surface area contributed by atoms with Crippen molar-refractivity contribution in [2.24, 2.45) is 5.92 Å². The van der Waals surface area contributed by atoms with Crippen molar-refractivity contribution >= 4 is 0 Å². The highest BCUT2D eigenvalue weighted by Gasteiger charge is 2.37. The molecule has 90 valence electrons. The van der Waals surface area contributed by atoms with Gasteiger partial charge in [0.15, 0.2) is 0 Å². The number of nitrogens with zero attached hydrogens (tertiary/aromatic N) is 2. The molecule has 1 heterocycles. The summed E-state index contributed by atoms with van der Waals surface area (Å²) in [7, 11) is 0. The SMILES string of the molecule is CC1COC(CO)CN1C1CCCC1C#N.